The number of phenols is 1. The van der Waals surface area contributed by atoms with Gasteiger partial charge < -0.3 is 64.8 Å². The Balaban J connectivity index is 2.28. The summed E-state index contributed by atoms with van der Waals surface area (Å²) in [6, 6.07) is 7.03. The van der Waals surface area contributed by atoms with E-state index in [0.29, 0.717) is 22.6 Å². The highest BCUT2D eigenvalue weighted by Crippen LogP contribution is 2.14. The van der Waals surface area contributed by atoms with E-state index in [4.69, 9.17) is 45.4 Å². The molecule has 0 bridgehead atoms. The van der Waals surface area contributed by atoms with Gasteiger partial charge in [-0.3, -0.25) is 39.6 Å². The first-order valence-electron chi connectivity index (χ1n) is 19.4. The zero-order chi connectivity index (χ0) is 44.9. The molecule has 2 aromatic carbocycles. The fourth-order valence-corrected chi connectivity index (χ4v) is 6.11. The van der Waals surface area contributed by atoms with Crippen LogP contribution in [0.1, 0.15) is 57.1 Å². The number of nitrogens with one attached hydrogen (secondary N) is 8. The maximum atomic E-state index is 14.0. The van der Waals surface area contributed by atoms with E-state index >= 15 is 0 Å². The van der Waals surface area contributed by atoms with Gasteiger partial charge in [-0.25, -0.2) is 0 Å². The number of rotatable bonds is 25. The Hall–Kier alpha value is -6.15. The molecule has 5 atom stereocenters. The zero-order valence-corrected chi connectivity index (χ0v) is 34.9. The Morgan fingerprint density at radius 1 is 0.700 bits per heavy atom. The van der Waals surface area contributed by atoms with E-state index in [1.807, 2.05) is 13.8 Å². The normalized spacial score (nSPS) is 13.4. The van der Waals surface area contributed by atoms with Gasteiger partial charge in [0.2, 0.25) is 35.4 Å². The molecule has 17 N–H and O–H groups in total. The molecule has 0 radical (unpaired) electrons. The molecule has 0 spiro atoms. The first kappa shape index (κ1) is 50.0. The number of benzene rings is 2. The van der Waals surface area contributed by atoms with Crippen molar-refractivity contribution in [2.45, 2.75) is 89.0 Å². The number of nitrogens with zero attached hydrogens (tertiary/aromatic N) is 1. The molecule has 2 rings (SSSR count). The minimum atomic E-state index is -1.24. The van der Waals surface area contributed by atoms with Gasteiger partial charge in [-0.15, -0.1) is 0 Å². The van der Waals surface area contributed by atoms with Crippen molar-refractivity contribution in [3.63, 3.8) is 0 Å². The van der Waals surface area contributed by atoms with Gasteiger partial charge >= 0.3 is 0 Å². The largest absolute Gasteiger partial charge is 0.508 e. The Kier molecular flexibility index (Phi) is 21.1. The fourth-order valence-electron chi connectivity index (χ4n) is 5.99. The maximum absolute atomic E-state index is 14.0. The first-order valence-corrected chi connectivity index (χ1v) is 19.8. The highest BCUT2D eigenvalue weighted by molar-refractivity contribution is 6.30. The molecule has 0 fully saturated rings. The summed E-state index contributed by atoms with van der Waals surface area (Å²) < 4.78 is 0. The lowest BCUT2D eigenvalue weighted by molar-refractivity contribution is -0.137. The van der Waals surface area contributed by atoms with Crippen molar-refractivity contribution < 1.29 is 33.9 Å². The molecule has 2 aromatic rings. The lowest BCUT2D eigenvalue weighted by Crippen LogP contribution is -2.59. The quantitative estimate of drug-likeness (QED) is 0.0312. The predicted molar refractivity (Wildman–Crippen MR) is 227 cm³/mol. The van der Waals surface area contributed by atoms with Crippen LogP contribution in [-0.2, 0) is 41.6 Å². The summed E-state index contributed by atoms with van der Waals surface area (Å²) in [5, 5.41) is 40.6. The van der Waals surface area contributed by atoms with Crippen molar-refractivity contribution >= 4 is 59.0 Å². The van der Waals surface area contributed by atoms with E-state index in [9.17, 15) is 33.9 Å². The molecule has 0 aliphatic heterocycles. The molecule has 6 amide bonds. The first-order chi connectivity index (χ1) is 28.2. The maximum Gasteiger partial charge on any atom is 0.243 e. The number of guanidine groups is 2. The van der Waals surface area contributed by atoms with E-state index < -0.39 is 72.2 Å². The average molecular weight is 858 g/mol. The van der Waals surface area contributed by atoms with Crippen molar-refractivity contribution in [2.75, 3.05) is 26.7 Å². The third kappa shape index (κ3) is 19.1. The summed E-state index contributed by atoms with van der Waals surface area (Å²) in [7, 11) is 1.40. The van der Waals surface area contributed by atoms with Crippen molar-refractivity contribution in [2.24, 2.45) is 28.9 Å². The molecular formula is C39H60ClN13O7. The standard InChI is InChI=1S/C39H60ClN13O7/c1-22(2)18-30(35(58)51-29(7-5-17-48-39(45)46)34(57)50-28(33(42)56)6-4-16-47-38(43)44)52-36(59)31(20-24-8-12-25(40)13-9-24)49-32(55)21-53(3)37(60)27(41)19-23-10-14-26(54)15-11-23/h8-15,22,27-31,54H,4-7,16-21,41H2,1-3H3,(H2,42,56)(H,49,55)(H,50,57)(H,51,58)(H,52,59)(H4,43,44,47)(H4,45,46,48)/t27-,28+,29-,30-,31-/m0/s1. The molecular weight excluding hydrogens is 798 g/mol. The third-order valence-electron chi connectivity index (χ3n) is 9.07. The molecule has 0 aromatic heterocycles. The van der Waals surface area contributed by atoms with Gasteiger partial charge in [0.05, 0.1) is 12.6 Å². The summed E-state index contributed by atoms with van der Waals surface area (Å²) in [5.41, 5.74) is 23.7. The Morgan fingerprint density at radius 2 is 1.17 bits per heavy atom. The van der Waals surface area contributed by atoms with Gasteiger partial charge in [0.25, 0.3) is 0 Å². The van der Waals surface area contributed by atoms with Crippen LogP contribution in [-0.4, -0.2) is 114 Å². The number of hydrogen-bond acceptors (Lipinski definition) is 10. The van der Waals surface area contributed by atoms with Gasteiger partial charge in [-0.2, -0.15) is 0 Å². The lowest BCUT2D eigenvalue weighted by Gasteiger charge is -2.27. The number of carbonyl (C=O) groups is 6. The van der Waals surface area contributed by atoms with Crippen molar-refractivity contribution in [3.8, 4) is 5.75 Å². The van der Waals surface area contributed by atoms with E-state index in [0.717, 1.165) is 4.90 Å². The fraction of sp³-hybridized carbons (Fsp3) is 0.487. The molecule has 0 aliphatic rings. The van der Waals surface area contributed by atoms with Gasteiger partial charge in [-0.05, 0) is 79.8 Å². The van der Waals surface area contributed by atoms with Crippen molar-refractivity contribution in [3.05, 3.63) is 64.7 Å². The number of halogens is 1. The van der Waals surface area contributed by atoms with Crippen molar-refractivity contribution in [1.82, 2.24) is 36.8 Å². The molecule has 0 saturated heterocycles. The molecule has 0 heterocycles. The van der Waals surface area contributed by atoms with Crippen LogP contribution in [0, 0.1) is 16.7 Å². The van der Waals surface area contributed by atoms with Gasteiger partial charge in [0, 0.05) is 31.6 Å². The van der Waals surface area contributed by atoms with Crippen LogP contribution >= 0.6 is 11.6 Å². The molecule has 0 saturated carbocycles. The van der Waals surface area contributed by atoms with E-state index in [2.05, 4.69) is 31.9 Å². The molecule has 0 aliphatic carbocycles. The highest BCUT2D eigenvalue weighted by atomic mass is 35.5. The number of nitrogens with two attached hydrogens (primary N) is 4. The topological polar surface area (TPSA) is 350 Å². The zero-order valence-electron chi connectivity index (χ0n) is 34.2. The summed E-state index contributed by atoms with van der Waals surface area (Å²) in [5.74, 6) is -4.83. The summed E-state index contributed by atoms with van der Waals surface area (Å²) in [6.07, 6.45) is 0.988. The minimum Gasteiger partial charge on any atom is -0.508 e. The minimum absolute atomic E-state index is 0.0204. The SMILES string of the molecule is CC(C)C[C@H](NC(=O)[C@H](Cc1ccc(Cl)cc1)NC(=O)CN(C)C(=O)[C@@H](N)Cc1ccc(O)cc1)C(=O)N[C@@H](CCCNC(=N)N)C(=O)N[C@H](CCCNC(=N)N)C(N)=O. The second-order valence-electron chi connectivity index (χ2n) is 14.8. The predicted octanol–water partition coefficient (Wildman–Crippen LogP) is -1.39. The molecule has 21 heteroatoms. The van der Waals surface area contributed by atoms with E-state index in [1.165, 1.54) is 19.2 Å². The van der Waals surface area contributed by atoms with Gasteiger partial charge in [-0.1, -0.05) is 49.7 Å². The van der Waals surface area contributed by atoms with E-state index in [1.54, 1.807) is 36.4 Å². The van der Waals surface area contributed by atoms with Crippen LogP contribution < -0.4 is 54.8 Å². The van der Waals surface area contributed by atoms with Crippen LogP contribution in [0.25, 0.3) is 0 Å². The number of primary amides is 1. The average Bonchev–Trinajstić information content (AvgIpc) is 3.17. The summed E-state index contributed by atoms with van der Waals surface area (Å²) in [6.45, 7) is 3.64. The number of phenolic OH excluding ortho intramolecular Hbond substituents is 1. The Morgan fingerprint density at radius 3 is 1.70 bits per heavy atom. The molecule has 0 unspecified atom stereocenters. The van der Waals surface area contributed by atoms with Crippen LogP contribution in [0.2, 0.25) is 5.02 Å². The molecule has 330 valence electrons. The Bertz CT molecular complexity index is 1780. The number of aromatic hydroxyl groups is 1. The lowest BCUT2D eigenvalue weighted by atomic mass is 10.00. The molecule has 20 nitrogen and oxygen atoms in total. The smallest absolute Gasteiger partial charge is 0.243 e. The highest BCUT2D eigenvalue weighted by Gasteiger charge is 2.32. The second-order valence-corrected chi connectivity index (χ2v) is 15.2. The third-order valence-corrected chi connectivity index (χ3v) is 9.33. The second kappa shape index (κ2) is 25.4. The number of carbonyl (C=O) groups excluding carboxylic acids is 6. The van der Waals surface area contributed by atoms with Crippen LogP contribution in [0.15, 0.2) is 48.5 Å². The number of amides is 6. The molecule has 60 heavy (non-hydrogen) atoms. The van der Waals surface area contributed by atoms with Crippen molar-refractivity contribution in [1.29, 1.82) is 10.8 Å². The monoisotopic (exact) mass is 857 g/mol. The number of hydrogen-bond donors (Lipinski definition) is 13. The summed E-state index contributed by atoms with van der Waals surface area (Å²) in [4.78, 5) is 81.5. The van der Waals surface area contributed by atoms with Gasteiger partial charge in [0.15, 0.2) is 11.9 Å². The number of likely N-dealkylation sites (N-methyl/N-ethyl adjacent to an activating group) is 1. The van der Waals surface area contributed by atoms with Crippen LogP contribution in [0.4, 0.5) is 0 Å². The van der Waals surface area contributed by atoms with E-state index in [-0.39, 0.29) is 75.2 Å². The van der Waals surface area contributed by atoms with Gasteiger partial charge in [0.1, 0.15) is 29.9 Å². The van der Waals surface area contributed by atoms with Crippen LogP contribution in [0.3, 0.4) is 0 Å². The summed E-state index contributed by atoms with van der Waals surface area (Å²) >= 11 is 6.08. The Labute approximate surface area is 354 Å². The van der Waals surface area contributed by atoms with Crippen LogP contribution in [0.5, 0.6) is 5.75 Å².